The number of fused-ring (bicyclic) bond motifs is 1. The van der Waals surface area contributed by atoms with Crippen LogP contribution in [0.2, 0.25) is 0 Å². The van der Waals surface area contributed by atoms with Crippen molar-refractivity contribution in [2.45, 2.75) is 45.3 Å². The van der Waals surface area contributed by atoms with Crippen LogP contribution in [0, 0.1) is 6.92 Å². The van der Waals surface area contributed by atoms with Crippen LogP contribution in [-0.4, -0.2) is 61.6 Å². The number of rotatable bonds is 5. The van der Waals surface area contributed by atoms with E-state index in [1.807, 2.05) is 29.7 Å². The van der Waals surface area contributed by atoms with Crippen LogP contribution >= 0.6 is 0 Å². The molecule has 0 radical (unpaired) electrons. The normalized spacial score (nSPS) is 20.1. The van der Waals surface area contributed by atoms with Gasteiger partial charge in [0.05, 0.1) is 23.1 Å². The summed E-state index contributed by atoms with van der Waals surface area (Å²) in [7, 11) is 2.00. The maximum Gasteiger partial charge on any atom is 0.317 e. The van der Waals surface area contributed by atoms with Crippen molar-refractivity contribution in [2.75, 3.05) is 26.2 Å². The Kier molecular flexibility index (Phi) is 5.15. The molecule has 4 heterocycles. The van der Waals surface area contributed by atoms with Crippen molar-refractivity contribution in [1.82, 2.24) is 34.7 Å². The number of amides is 2. The van der Waals surface area contributed by atoms with Crippen LogP contribution in [0.1, 0.15) is 42.4 Å². The minimum absolute atomic E-state index is 0.0752. The van der Waals surface area contributed by atoms with Crippen molar-refractivity contribution >= 4 is 6.03 Å². The van der Waals surface area contributed by atoms with Gasteiger partial charge in [0.2, 0.25) is 0 Å². The molecule has 1 atom stereocenters. The van der Waals surface area contributed by atoms with Crippen molar-refractivity contribution in [2.24, 2.45) is 7.05 Å². The molecule has 146 valence electrons. The van der Waals surface area contributed by atoms with E-state index >= 15 is 0 Å². The third-order valence-electron chi connectivity index (χ3n) is 5.58. The maximum absolute atomic E-state index is 12.2. The number of hydrogen-bond acceptors (Lipinski definition) is 4. The predicted molar refractivity (Wildman–Crippen MR) is 102 cm³/mol. The first-order valence-electron chi connectivity index (χ1n) is 9.87. The van der Waals surface area contributed by atoms with E-state index in [2.05, 4.69) is 37.2 Å². The van der Waals surface area contributed by atoms with E-state index in [4.69, 9.17) is 0 Å². The molecule has 0 saturated carbocycles. The van der Waals surface area contributed by atoms with Crippen molar-refractivity contribution in [1.29, 1.82) is 0 Å². The number of nitrogens with zero attached hydrogens (tertiary/aromatic N) is 6. The average Bonchev–Trinajstić information content (AvgIpc) is 3.37. The largest absolute Gasteiger partial charge is 0.338 e. The lowest BCUT2D eigenvalue weighted by Crippen LogP contribution is -2.41. The fourth-order valence-corrected chi connectivity index (χ4v) is 4.22. The summed E-state index contributed by atoms with van der Waals surface area (Å²) < 4.78 is 4.10. The molecule has 4 rings (SSSR count). The Hall–Kier alpha value is -2.35. The standard InChI is InChI=1S/C19H29N7O/c1-15-11-18(23(2)22-15)14-24-12-16(26-17(13-24)6-8-21-26)5-7-20-19(27)25-9-3-4-10-25/h6,8,11,16H,3-5,7,9-10,12-14H2,1-2H3,(H,20,27)/t16-/m1/s1. The second kappa shape index (κ2) is 7.72. The third kappa shape index (κ3) is 4.00. The summed E-state index contributed by atoms with van der Waals surface area (Å²) in [6.07, 6.45) is 5.00. The number of carbonyl (C=O) groups is 1. The van der Waals surface area contributed by atoms with Gasteiger partial charge in [0.1, 0.15) is 0 Å². The van der Waals surface area contributed by atoms with E-state index in [-0.39, 0.29) is 12.1 Å². The Balaban J connectivity index is 1.36. The van der Waals surface area contributed by atoms with Gasteiger partial charge in [-0.15, -0.1) is 0 Å². The molecule has 1 fully saturated rings. The van der Waals surface area contributed by atoms with Crippen LogP contribution in [0.3, 0.4) is 0 Å². The fraction of sp³-hybridized carbons (Fsp3) is 0.632. The molecular formula is C19H29N7O. The molecule has 0 aromatic carbocycles. The Bertz CT molecular complexity index is 790. The molecule has 2 aliphatic rings. The fourth-order valence-electron chi connectivity index (χ4n) is 4.22. The second-order valence-corrected chi connectivity index (χ2v) is 7.71. The minimum atomic E-state index is 0.0752. The van der Waals surface area contributed by atoms with Gasteiger partial charge in [-0.05, 0) is 38.3 Å². The zero-order valence-electron chi connectivity index (χ0n) is 16.3. The van der Waals surface area contributed by atoms with E-state index in [0.717, 1.165) is 57.7 Å². The van der Waals surface area contributed by atoms with Gasteiger partial charge in [-0.2, -0.15) is 10.2 Å². The highest BCUT2D eigenvalue weighted by Crippen LogP contribution is 2.24. The number of aromatic nitrogens is 4. The molecule has 0 unspecified atom stereocenters. The highest BCUT2D eigenvalue weighted by atomic mass is 16.2. The predicted octanol–water partition coefficient (Wildman–Crippen LogP) is 1.68. The van der Waals surface area contributed by atoms with Crippen LogP contribution in [-0.2, 0) is 20.1 Å². The maximum atomic E-state index is 12.2. The summed E-state index contributed by atoms with van der Waals surface area (Å²) in [6.45, 7) is 7.17. The Labute approximate surface area is 160 Å². The number of likely N-dealkylation sites (tertiary alicyclic amines) is 1. The highest BCUT2D eigenvalue weighted by Gasteiger charge is 2.26. The summed E-state index contributed by atoms with van der Waals surface area (Å²) in [4.78, 5) is 16.6. The molecule has 2 aromatic heterocycles. The molecular weight excluding hydrogens is 342 g/mol. The zero-order valence-corrected chi connectivity index (χ0v) is 16.3. The quantitative estimate of drug-likeness (QED) is 0.868. The Morgan fingerprint density at radius 3 is 2.89 bits per heavy atom. The van der Waals surface area contributed by atoms with Crippen LogP contribution < -0.4 is 5.32 Å². The lowest BCUT2D eigenvalue weighted by molar-refractivity contribution is 0.157. The van der Waals surface area contributed by atoms with E-state index in [0.29, 0.717) is 6.54 Å². The smallest absolute Gasteiger partial charge is 0.317 e. The van der Waals surface area contributed by atoms with Gasteiger partial charge < -0.3 is 10.2 Å². The van der Waals surface area contributed by atoms with E-state index < -0.39 is 0 Å². The number of carbonyl (C=O) groups excluding carboxylic acids is 1. The van der Waals surface area contributed by atoms with Gasteiger partial charge in [0.15, 0.2) is 0 Å². The number of aryl methyl sites for hydroxylation is 2. The van der Waals surface area contributed by atoms with Crippen molar-refractivity contribution in [3.8, 4) is 0 Å². The van der Waals surface area contributed by atoms with E-state index in [1.54, 1.807) is 0 Å². The van der Waals surface area contributed by atoms with Crippen molar-refractivity contribution in [3.63, 3.8) is 0 Å². The summed E-state index contributed by atoms with van der Waals surface area (Å²) in [5.74, 6) is 0. The molecule has 2 amide bonds. The first-order valence-corrected chi connectivity index (χ1v) is 9.87. The van der Waals surface area contributed by atoms with Gasteiger partial charge >= 0.3 is 6.03 Å². The Morgan fingerprint density at radius 1 is 1.33 bits per heavy atom. The van der Waals surface area contributed by atoms with E-state index in [9.17, 15) is 4.79 Å². The van der Waals surface area contributed by atoms with Crippen molar-refractivity contribution < 1.29 is 4.79 Å². The lowest BCUT2D eigenvalue weighted by atomic mass is 10.1. The van der Waals surface area contributed by atoms with Gasteiger partial charge in [0.25, 0.3) is 0 Å². The van der Waals surface area contributed by atoms with Crippen molar-refractivity contribution in [3.05, 3.63) is 35.4 Å². The van der Waals surface area contributed by atoms with Crippen LogP contribution in [0.4, 0.5) is 4.79 Å². The summed E-state index contributed by atoms with van der Waals surface area (Å²) in [5.41, 5.74) is 3.51. The molecule has 27 heavy (non-hydrogen) atoms. The molecule has 8 nitrogen and oxygen atoms in total. The lowest BCUT2D eigenvalue weighted by Gasteiger charge is -2.34. The number of urea groups is 1. The number of nitrogens with one attached hydrogen (secondary N) is 1. The van der Waals surface area contributed by atoms with Gasteiger partial charge in [-0.1, -0.05) is 0 Å². The van der Waals surface area contributed by atoms with Crippen LogP contribution in [0.15, 0.2) is 18.3 Å². The summed E-state index contributed by atoms with van der Waals surface area (Å²) in [6, 6.07) is 4.59. The molecule has 8 heteroatoms. The molecule has 2 aliphatic heterocycles. The molecule has 0 aliphatic carbocycles. The molecule has 2 aromatic rings. The number of hydrogen-bond donors (Lipinski definition) is 1. The highest BCUT2D eigenvalue weighted by molar-refractivity contribution is 5.74. The Morgan fingerprint density at radius 2 is 2.15 bits per heavy atom. The summed E-state index contributed by atoms with van der Waals surface area (Å²) >= 11 is 0. The van der Waals surface area contributed by atoms with Gasteiger partial charge in [-0.25, -0.2) is 4.79 Å². The van der Waals surface area contributed by atoms with Crippen LogP contribution in [0.25, 0.3) is 0 Å². The molecule has 1 saturated heterocycles. The molecule has 0 spiro atoms. The first kappa shape index (κ1) is 18.0. The SMILES string of the molecule is Cc1cc(CN2Cc3ccnn3[C@H](CCNC(=O)N3CCCC3)C2)n(C)n1. The van der Waals surface area contributed by atoms with E-state index in [1.165, 1.54) is 11.4 Å². The third-order valence-corrected chi connectivity index (χ3v) is 5.58. The molecule has 1 N–H and O–H groups in total. The van der Waals surface area contributed by atoms with Crippen LogP contribution in [0.5, 0.6) is 0 Å². The first-order chi connectivity index (χ1) is 13.1. The summed E-state index contributed by atoms with van der Waals surface area (Å²) in [5, 5.41) is 12.1. The minimum Gasteiger partial charge on any atom is -0.338 e. The average molecular weight is 371 g/mol. The zero-order chi connectivity index (χ0) is 18.8. The van der Waals surface area contributed by atoms with Gasteiger partial charge in [0, 0.05) is 52.5 Å². The van der Waals surface area contributed by atoms with Gasteiger partial charge in [-0.3, -0.25) is 14.3 Å². The molecule has 0 bridgehead atoms. The second-order valence-electron chi connectivity index (χ2n) is 7.71. The topological polar surface area (TPSA) is 71.2 Å². The monoisotopic (exact) mass is 371 g/mol.